The molecule has 2 bridgehead atoms. The van der Waals surface area contributed by atoms with Gasteiger partial charge >= 0.3 is 11.9 Å². The molecule has 0 amide bonds. The zero-order chi connectivity index (χ0) is 25.2. The second kappa shape index (κ2) is 10.8. The molecule has 2 fully saturated rings. The van der Waals surface area contributed by atoms with Crippen LogP contribution in [0.5, 0.6) is 5.75 Å². The first kappa shape index (κ1) is 25.9. The maximum atomic E-state index is 13.3. The van der Waals surface area contributed by atoms with Gasteiger partial charge < -0.3 is 19.3 Å². The highest BCUT2D eigenvalue weighted by molar-refractivity contribution is 6.76. The van der Waals surface area contributed by atoms with E-state index in [1.54, 1.807) is 18.2 Å². The van der Waals surface area contributed by atoms with Gasteiger partial charge in [-0.2, -0.15) is 0 Å². The molecular formula is C27H38O7Si. The number of hydrogen-bond donors (Lipinski definition) is 1. The zero-order valence-corrected chi connectivity index (χ0v) is 22.1. The van der Waals surface area contributed by atoms with Crippen LogP contribution in [0.15, 0.2) is 18.2 Å². The van der Waals surface area contributed by atoms with Crippen LogP contribution in [0.2, 0.25) is 25.7 Å². The fourth-order valence-electron chi connectivity index (χ4n) is 5.80. The smallest absolute Gasteiger partial charge is 0.311 e. The lowest BCUT2D eigenvalue weighted by molar-refractivity contribution is -0.168. The van der Waals surface area contributed by atoms with Crippen LogP contribution in [0.4, 0.5) is 0 Å². The van der Waals surface area contributed by atoms with Crippen LogP contribution in [0.25, 0.3) is 0 Å². The molecule has 1 aromatic carbocycles. The molecule has 192 valence electrons. The molecule has 4 atom stereocenters. The Morgan fingerprint density at radius 2 is 1.63 bits per heavy atom. The van der Waals surface area contributed by atoms with Gasteiger partial charge in [0.05, 0.1) is 37.1 Å². The number of ether oxygens (including phenoxy) is 3. The summed E-state index contributed by atoms with van der Waals surface area (Å²) in [5.41, 5.74) is 1.46. The van der Waals surface area contributed by atoms with Gasteiger partial charge in [0, 0.05) is 20.4 Å². The van der Waals surface area contributed by atoms with Crippen LogP contribution in [-0.2, 0) is 28.6 Å². The van der Waals surface area contributed by atoms with Gasteiger partial charge in [0.15, 0.2) is 0 Å². The van der Waals surface area contributed by atoms with Crippen LogP contribution < -0.4 is 0 Å². The van der Waals surface area contributed by atoms with Crippen molar-refractivity contribution in [3.63, 3.8) is 0 Å². The Hall–Kier alpha value is -2.19. The highest BCUT2D eigenvalue weighted by Crippen LogP contribution is 2.55. The SMILES string of the molecule is C[Si](C)(C)CCOC(=O)C1C2CC(=O)C(c3cc(O)ccc32)C1C(=O)OCCOC1CCCCC1. The fraction of sp³-hybridized carbons (Fsp3) is 0.667. The van der Waals surface area contributed by atoms with E-state index in [1.807, 2.05) is 0 Å². The van der Waals surface area contributed by atoms with Gasteiger partial charge in [-0.3, -0.25) is 14.4 Å². The standard InChI is InChI=1S/C27H38O7Si/c1-35(2,3)14-13-34-26(30)24-21-16-22(29)23(20-15-17(28)9-10-19(20)21)25(24)27(31)33-12-11-32-18-7-5-4-6-8-18/h9-10,15,18,21,23-25,28H,4-8,11-14,16H2,1-3H3. The Balaban J connectivity index is 1.50. The summed E-state index contributed by atoms with van der Waals surface area (Å²) in [6, 6.07) is 5.70. The van der Waals surface area contributed by atoms with Gasteiger partial charge in [-0.25, -0.2) is 0 Å². The van der Waals surface area contributed by atoms with Crippen LogP contribution in [0.1, 0.15) is 61.5 Å². The summed E-state index contributed by atoms with van der Waals surface area (Å²) < 4.78 is 17.1. The Morgan fingerprint density at radius 1 is 0.943 bits per heavy atom. The van der Waals surface area contributed by atoms with Crippen molar-refractivity contribution >= 4 is 25.8 Å². The number of phenolic OH excluding ortho intramolecular Hbond substituents is 1. The molecule has 4 unspecified atom stereocenters. The van der Waals surface area contributed by atoms with Crippen molar-refractivity contribution in [3.05, 3.63) is 29.3 Å². The molecular weight excluding hydrogens is 464 g/mol. The maximum absolute atomic E-state index is 13.3. The summed E-state index contributed by atoms with van der Waals surface area (Å²) in [6.07, 6.45) is 6.00. The predicted molar refractivity (Wildman–Crippen MR) is 133 cm³/mol. The van der Waals surface area contributed by atoms with E-state index in [-0.39, 0.29) is 30.7 Å². The van der Waals surface area contributed by atoms with E-state index in [0.29, 0.717) is 18.8 Å². The number of Topliss-reactive ketones (excluding diaryl/α,β-unsaturated/α-hetero) is 1. The molecule has 35 heavy (non-hydrogen) atoms. The number of phenols is 1. The fourth-order valence-corrected chi connectivity index (χ4v) is 6.52. The van der Waals surface area contributed by atoms with Gasteiger partial charge in [-0.05, 0) is 42.1 Å². The number of aromatic hydroxyl groups is 1. The first-order valence-corrected chi connectivity index (χ1v) is 16.7. The van der Waals surface area contributed by atoms with Crippen molar-refractivity contribution in [1.29, 1.82) is 0 Å². The monoisotopic (exact) mass is 502 g/mol. The topological polar surface area (TPSA) is 99.1 Å². The van der Waals surface area contributed by atoms with Crippen molar-refractivity contribution in [2.75, 3.05) is 19.8 Å². The number of ketones is 1. The molecule has 0 aliphatic heterocycles. The molecule has 4 aliphatic rings. The number of carbonyl (C=O) groups excluding carboxylic acids is 3. The summed E-state index contributed by atoms with van der Waals surface area (Å²) in [7, 11) is -1.40. The summed E-state index contributed by atoms with van der Waals surface area (Å²) in [5, 5.41) is 10.1. The molecule has 5 rings (SSSR count). The number of esters is 2. The third-order valence-electron chi connectivity index (χ3n) is 7.63. The number of benzene rings is 1. The average Bonchev–Trinajstić information content (AvgIpc) is 2.80. The third kappa shape index (κ3) is 5.97. The summed E-state index contributed by atoms with van der Waals surface area (Å²) in [6.45, 7) is 7.33. The second-order valence-electron chi connectivity index (χ2n) is 11.4. The van der Waals surface area contributed by atoms with E-state index in [2.05, 4.69) is 19.6 Å². The van der Waals surface area contributed by atoms with Crippen LogP contribution in [0.3, 0.4) is 0 Å². The molecule has 8 heteroatoms. The van der Waals surface area contributed by atoms with E-state index < -0.39 is 43.7 Å². The summed E-state index contributed by atoms with van der Waals surface area (Å²) in [4.78, 5) is 39.7. The van der Waals surface area contributed by atoms with Crippen LogP contribution in [0, 0.1) is 11.8 Å². The molecule has 2 saturated carbocycles. The molecule has 0 saturated heterocycles. The quantitative estimate of drug-likeness (QED) is 0.300. The minimum atomic E-state index is -1.40. The second-order valence-corrected chi connectivity index (χ2v) is 17.0. The van der Waals surface area contributed by atoms with Crippen molar-refractivity contribution < 1.29 is 33.7 Å². The molecule has 0 radical (unpaired) electrons. The Bertz CT molecular complexity index is 947. The van der Waals surface area contributed by atoms with Gasteiger partial charge in [-0.15, -0.1) is 0 Å². The number of hydrogen-bond acceptors (Lipinski definition) is 7. The minimum Gasteiger partial charge on any atom is -0.508 e. The van der Waals surface area contributed by atoms with Gasteiger partial charge in [0.25, 0.3) is 0 Å². The molecule has 7 nitrogen and oxygen atoms in total. The third-order valence-corrected chi connectivity index (χ3v) is 9.33. The van der Waals surface area contributed by atoms with Gasteiger partial charge in [0.2, 0.25) is 0 Å². The predicted octanol–water partition coefficient (Wildman–Crippen LogP) is 4.55. The first-order valence-electron chi connectivity index (χ1n) is 13.0. The number of fused-ring (bicyclic) bond motifs is 2. The average molecular weight is 503 g/mol. The van der Waals surface area contributed by atoms with Crippen molar-refractivity contribution in [2.24, 2.45) is 11.8 Å². The Morgan fingerprint density at radius 3 is 2.34 bits per heavy atom. The van der Waals surface area contributed by atoms with Crippen molar-refractivity contribution in [3.8, 4) is 5.75 Å². The van der Waals surface area contributed by atoms with Crippen molar-refractivity contribution in [1.82, 2.24) is 0 Å². The van der Waals surface area contributed by atoms with Crippen LogP contribution >= 0.6 is 0 Å². The molecule has 0 heterocycles. The largest absolute Gasteiger partial charge is 0.508 e. The van der Waals surface area contributed by atoms with E-state index in [1.165, 1.54) is 6.42 Å². The van der Waals surface area contributed by atoms with Gasteiger partial charge in [-0.1, -0.05) is 45.0 Å². The first-order chi connectivity index (χ1) is 16.7. The number of carbonyl (C=O) groups is 3. The normalized spacial score (nSPS) is 26.3. The highest BCUT2D eigenvalue weighted by Gasteiger charge is 2.57. The Kier molecular flexibility index (Phi) is 8.01. The zero-order valence-electron chi connectivity index (χ0n) is 21.1. The maximum Gasteiger partial charge on any atom is 0.311 e. The van der Waals surface area contributed by atoms with E-state index >= 15 is 0 Å². The van der Waals surface area contributed by atoms with Crippen LogP contribution in [-0.4, -0.2) is 56.8 Å². The molecule has 1 N–H and O–H groups in total. The highest BCUT2D eigenvalue weighted by atomic mass is 28.3. The van der Waals surface area contributed by atoms with E-state index in [9.17, 15) is 19.5 Å². The minimum absolute atomic E-state index is 0.0337. The number of rotatable bonds is 9. The van der Waals surface area contributed by atoms with E-state index in [0.717, 1.165) is 37.3 Å². The molecule has 0 spiro atoms. The lowest BCUT2D eigenvalue weighted by Crippen LogP contribution is -2.51. The molecule has 4 aliphatic carbocycles. The lowest BCUT2D eigenvalue weighted by atomic mass is 9.55. The molecule has 0 aromatic heterocycles. The summed E-state index contributed by atoms with van der Waals surface area (Å²) >= 11 is 0. The van der Waals surface area contributed by atoms with Crippen molar-refractivity contribution in [2.45, 2.75) is 82.1 Å². The molecule has 1 aromatic rings. The van der Waals surface area contributed by atoms with Gasteiger partial charge in [0.1, 0.15) is 18.1 Å². The summed E-state index contributed by atoms with van der Waals surface area (Å²) in [5.74, 6) is -4.08. The van der Waals surface area contributed by atoms with E-state index in [4.69, 9.17) is 14.2 Å². The lowest BCUT2D eigenvalue weighted by Gasteiger charge is -2.46. The Labute approximate surface area is 208 Å².